The molecule has 0 spiro atoms. The molecule has 18 heavy (non-hydrogen) atoms. The number of hydrogen-bond acceptors (Lipinski definition) is 3. The quantitative estimate of drug-likeness (QED) is 0.836. The topological polar surface area (TPSA) is 58.4 Å². The molecule has 0 aliphatic carbocycles. The van der Waals surface area contributed by atoms with Crippen LogP contribution >= 0.6 is 0 Å². The molecular formula is C14H21N3O. The number of hydrogen-bond donors (Lipinski definition) is 2. The molecule has 4 nitrogen and oxygen atoms in total. The summed E-state index contributed by atoms with van der Waals surface area (Å²) in [6, 6.07) is 6.39. The second-order valence-electron chi connectivity index (χ2n) is 4.96. The lowest BCUT2D eigenvalue weighted by Gasteiger charge is -2.36. The van der Waals surface area contributed by atoms with E-state index < -0.39 is 0 Å². The summed E-state index contributed by atoms with van der Waals surface area (Å²) in [6.45, 7) is 6.06. The van der Waals surface area contributed by atoms with E-state index in [0.717, 1.165) is 13.0 Å². The molecule has 1 saturated heterocycles. The van der Waals surface area contributed by atoms with E-state index in [4.69, 9.17) is 5.73 Å². The fraction of sp³-hybridized carbons (Fsp3) is 0.500. The lowest BCUT2D eigenvalue weighted by Crippen LogP contribution is -2.55. The average molecular weight is 247 g/mol. The molecule has 3 N–H and O–H groups in total. The van der Waals surface area contributed by atoms with Crippen LogP contribution in [-0.4, -0.2) is 31.6 Å². The number of carbonyl (C=O) groups is 1. The molecule has 1 aromatic rings. The van der Waals surface area contributed by atoms with Gasteiger partial charge in [-0.3, -0.25) is 4.79 Å². The van der Waals surface area contributed by atoms with Crippen LogP contribution in [0.2, 0.25) is 0 Å². The van der Waals surface area contributed by atoms with Crippen LogP contribution in [0.5, 0.6) is 0 Å². The number of amides is 1. The molecule has 4 heteroatoms. The van der Waals surface area contributed by atoms with Gasteiger partial charge in [0.15, 0.2) is 0 Å². The van der Waals surface area contributed by atoms with Crippen LogP contribution in [0.4, 0.5) is 5.69 Å². The Hall–Kier alpha value is -1.55. The van der Waals surface area contributed by atoms with Crippen molar-refractivity contribution in [1.82, 2.24) is 5.32 Å². The second-order valence-corrected chi connectivity index (χ2v) is 4.96. The van der Waals surface area contributed by atoms with Crippen molar-refractivity contribution in [2.24, 2.45) is 5.73 Å². The maximum atomic E-state index is 11.8. The third kappa shape index (κ3) is 2.64. The van der Waals surface area contributed by atoms with Crippen molar-refractivity contribution in [2.45, 2.75) is 26.3 Å². The molecule has 1 unspecified atom stereocenters. The molecule has 98 valence electrons. The zero-order valence-electron chi connectivity index (χ0n) is 11.1. The third-order valence-electron chi connectivity index (χ3n) is 3.41. The zero-order chi connectivity index (χ0) is 13.1. The van der Waals surface area contributed by atoms with E-state index in [-0.39, 0.29) is 11.9 Å². The largest absolute Gasteiger partial charge is 0.360 e. The van der Waals surface area contributed by atoms with Gasteiger partial charge in [0.1, 0.15) is 0 Å². The Morgan fingerprint density at radius 3 is 2.67 bits per heavy atom. The summed E-state index contributed by atoms with van der Waals surface area (Å²) < 4.78 is 0. The summed E-state index contributed by atoms with van der Waals surface area (Å²) in [4.78, 5) is 13.9. The van der Waals surface area contributed by atoms with Gasteiger partial charge in [0.05, 0.1) is 6.54 Å². The van der Waals surface area contributed by atoms with E-state index >= 15 is 0 Å². The van der Waals surface area contributed by atoms with Crippen molar-refractivity contribution in [3.63, 3.8) is 0 Å². The molecule has 1 atom stereocenters. The Labute approximate surface area is 108 Å². The zero-order valence-corrected chi connectivity index (χ0v) is 11.1. The Bertz CT molecular complexity index is 424. The molecule has 1 heterocycles. The minimum atomic E-state index is 0.0855. The molecule has 1 aromatic carbocycles. The van der Waals surface area contributed by atoms with Gasteiger partial charge in [-0.05, 0) is 37.9 Å². The highest BCUT2D eigenvalue weighted by Gasteiger charge is 2.25. The van der Waals surface area contributed by atoms with Crippen LogP contribution < -0.4 is 16.0 Å². The number of carbonyl (C=O) groups excluding carboxylic acids is 1. The first kappa shape index (κ1) is 12.9. The Kier molecular flexibility index (Phi) is 3.87. The lowest BCUT2D eigenvalue weighted by molar-refractivity contribution is -0.121. The first-order valence-electron chi connectivity index (χ1n) is 6.42. The number of nitrogens with two attached hydrogens (primary N) is 1. The van der Waals surface area contributed by atoms with E-state index in [2.05, 4.69) is 42.3 Å². The van der Waals surface area contributed by atoms with Crippen molar-refractivity contribution < 1.29 is 4.79 Å². The van der Waals surface area contributed by atoms with Crippen LogP contribution in [0.3, 0.4) is 0 Å². The van der Waals surface area contributed by atoms with Gasteiger partial charge in [0, 0.05) is 18.3 Å². The van der Waals surface area contributed by atoms with Gasteiger partial charge >= 0.3 is 0 Å². The Balaban J connectivity index is 2.24. The molecule has 1 aliphatic rings. The molecule has 0 bridgehead atoms. The van der Waals surface area contributed by atoms with Gasteiger partial charge in [-0.1, -0.05) is 18.2 Å². The number of rotatable bonds is 3. The van der Waals surface area contributed by atoms with E-state index in [1.54, 1.807) is 0 Å². The number of aryl methyl sites for hydroxylation is 2. The first-order chi connectivity index (χ1) is 8.61. The molecule has 0 radical (unpaired) electrons. The van der Waals surface area contributed by atoms with E-state index in [1.807, 2.05) is 0 Å². The predicted molar refractivity (Wildman–Crippen MR) is 73.7 cm³/mol. The smallest absolute Gasteiger partial charge is 0.239 e. The number of nitrogens with zero attached hydrogens (tertiary/aromatic N) is 1. The van der Waals surface area contributed by atoms with Crippen LogP contribution in [0, 0.1) is 13.8 Å². The van der Waals surface area contributed by atoms with Gasteiger partial charge < -0.3 is 16.0 Å². The minimum absolute atomic E-state index is 0.0855. The summed E-state index contributed by atoms with van der Waals surface area (Å²) in [5, 5.41) is 3.00. The van der Waals surface area contributed by atoms with Crippen LogP contribution in [0.15, 0.2) is 18.2 Å². The van der Waals surface area contributed by atoms with E-state index in [0.29, 0.717) is 13.1 Å². The normalized spacial score (nSPS) is 19.8. The fourth-order valence-corrected chi connectivity index (χ4v) is 2.66. The molecule has 0 aromatic heterocycles. The first-order valence-corrected chi connectivity index (χ1v) is 6.42. The van der Waals surface area contributed by atoms with Crippen molar-refractivity contribution >= 4 is 11.6 Å². The molecule has 1 amide bonds. The molecule has 1 fully saturated rings. The number of piperazine rings is 1. The summed E-state index contributed by atoms with van der Waals surface area (Å²) >= 11 is 0. The summed E-state index contributed by atoms with van der Waals surface area (Å²) in [6.07, 6.45) is 0.827. The van der Waals surface area contributed by atoms with Crippen LogP contribution in [0.1, 0.15) is 17.5 Å². The average Bonchev–Trinajstić information content (AvgIpc) is 2.28. The van der Waals surface area contributed by atoms with Gasteiger partial charge in [0.25, 0.3) is 0 Å². The van der Waals surface area contributed by atoms with Crippen molar-refractivity contribution in [1.29, 1.82) is 0 Å². The number of benzene rings is 1. The summed E-state index contributed by atoms with van der Waals surface area (Å²) in [5.74, 6) is 0.0855. The highest BCUT2D eigenvalue weighted by atomic mass is 16.2. The van der Waals surface area contributed by atoms with Gasteiger partial charge in [-0.2, -0.15) is 0 Å². The van der Waals surface area contributed by atoms with Crippen molar-refractivity contribution in [3.05, 3.63) is 29.3 Å². The minimum Gasteiger partial charge on any atom is -0.360 e. The monoisotopic (exact) mass is 247 g/mol. The fourth-order valence-electron chi connectivity index (χ4n) is 2.66. The van der Waals surface area contributed by atoms with Gasteiger partial charge in [-0.15, -0.1) is 0 Å². The highest BCUT2D eigenvalue weighted by molar-refractivity contribution is 5.83. The maximum Gasteiger partial charge on any atom is 0.239 e. The standard InChI is InChI=1S/C14H21N3O/c1-10-4-3-5-11(2)14(10)17-8-12(6-7-15)16-13(18)9-17/h3-5,12H,6-9,15H2,1-2H3,(H,16,18). The molecule has 0 saturated carbocycles. The van der Waals surface area contributed by atoms with E-state index in [9.17, 15) is 4.79 Å². The Morgan fingerprint density at radius 2 is 2.06 bits per heavy atom. The molecule has 1 aliphatic heterocycles. The third-order valence-corrected chi connectivity index (χ3v) is 3.41. The van der Waals surface area contributed by atoms with Crippen molar-refractivity contribution in [2.75, 3.05) is 24.5 Å². The maximum absolute atomic E-state index is 11.8. The summed E-state index contributed by atoms with van der Waals surface area (Å²) in [7, 11) is 0. The number of nitrogens with one attached hydrogen (secondary N) is 1. The highest BCUT2D eigenvalue weighted by Crippen LogP contribution is 2.25. The van der Waals surface area contributed by atoms with Crippen LogP contribution in [-0.2, 0) is 4.79 Å². The van der Waals surface area contributed by atoms with Gasteiger partial charge in [-0.25, -0.2) is 0 Å². The number of anilines is 1. The Morgan fingerprint density at radius 1 is 1.39 bits per heavy atom. The number of para-hydroxylation sites is 1. The molecular weight excluding hydrogens is 226 g/mol. The van der Waals surface area contributed by atoms with E-state index in [1.165, 1.54) is 16.8 Å². The molecule has 2 rings (SSSR count). The SMILES string of the molecule is Cc1cccc(C)c1N1CC(=O)NC(CCN)C1. The predicted octanol–water partition coefficient (Wildman–Crippen LogP) is 0.957. The van der Waals surface area contributed by atoms with Gasteiger partial charge in [0.2, 0.25) is 5.91 Å². The van der Waals surface area contributed by atoms with Crippen LogP contribution in [0.25, 0.3) is 0 Å². The summed E-state index contributed by atoms with van der Waals surface area (Å²) in [5.41, 5.74) is 9.21. The second kappa shape index (κ2) is 5.40. The lowest BCUT2D eigenvalue weighted by atomic mass is 10.0. The van der Waals surface area contributed by atoms with Crippen molar-refractivity contribution in [3.8, 4) is 0 Å².